The minimum absolute atomic E-state index is 0.213. The molecule has 124 valence electrons. The van der Waals surface area contributed by atoms with E-state index in [0.717, 1.165) is 5.56 Å². The van der Waals surface area contributed by atoms with Crippen LogP contribution in [0.3, 0.4) is 0 Å². The molecule has 0 unspecified atom stereocenters. The Morgan fingerprint density at radius 3 is 2.62 bits per heavy atom. The number of rotatable bonds is 6. The van der Waals surface area contributed by atoms with Crippen LogP contribution in [0, 0.1) is 13.8 Å². The first-order valence-corrected chi connectivity index (χ1v) is 7.70. The maximum Gasteiger partial charge on any atom is 0.256 e. The van der Waals surface area contributed by atoms with Gasteiger partial charge in [-0.05, 0) is 19.4 Å². The van der Waals surface area contributed by atoms with Crippen molar-refractivity contribution in [1.82, 2.24) is 20.6 Å². The lowest BCUT2D eigenvalue weighted by Crippen LogP contribution is -2.26. The van der Waals surface area contributed by atoms with Gasteiger partial charge in [0.25, 0.3) is 5.91 Å². The molecule has 0 fully saturated rings. The van der Waals surface area contributed by atoms with Crippen molar-refractivity contribution in [2.45, 2.75) is 26.7 Å². The van der Waals surface area contributed by atoms with Crippen LogP contribution in [0.25, 0.3) is 0 Å². The zero-order valence-electron chi connectivity index (χ0n) is 13.6. The third-order valence-corrected chi connectivity index (χ3v) is 3.60. The highest BCUT2D eigenvalue weighted by atomic mass is 16.5. The molecular weight excluding hydrogens is 308 g/mol. The van der Waals surface area contributed by atoms with Gasteiger partial charge in [-0.3, -0.25) is 4.79 Å². The molecule has 2 heterocycles. The van der Waals surface area contributed by atoms with Crippen LogP contribution in [0.15, 0.2) is 39.4 Å². The second kappa shape index (κ2) is 7.08. The summed E-state index contributed by atoms with van der Waals surface area (Å²) in [5, 5.41) is 10.5. The molecule has 1 aromatic carbocycles. The SMILES string of the molecule is Cc1noc(C)c1C(=O)NCCc1nc(Cc2ccccc2)no1. The number of nitrogens with one attached hydrogen (secondary N) is 1. The lowest BCUT2D eigenvalue weighted by molar-refractivity contribution is 0.0951. The van der Waals surface area contributed by atoms with E-state index in [1.54, 1.807) is 13.8 Å². The van der Waals surface area contributed by atoms with Crippen LogP contribution < -0.4 is 5.32 Å². The Morgan fingerprint density at radius 2 is 1.92 bits per heavy atom. The number of aryl methyl sites for hydroxylation is 2. The minimum Gasteiger partial charge on any atom is -0.361 e. The van der Waals surface area contributed by atoms with Crippen LogP contribution in [0.2, 0.25) is 0 Å². The summed E-state index contributed by atoms with van der Waals surface area (Å²) in [6.07, 6.45) is 1.09. The number of hydrogen-bond donors (Lipinski definition) is 1. The highest BCUT2D eigenvalue weighted by Crippen LogP contribution is 2.11. The molecule has 0 bridgehead atoms. The average Bonchev–Trinajstić information content (AvgIpc) is 3.15. The van der Waals surface area contributed by atoms with Crippen LogP contribution in [0.4, 0.5) is 0 Å². The van der Waals surface area contributed by atoms with Crippen molar-refractivity contribution in [1.29, 1.82) is 0 Å². The Kier molecular flexibility index (Phi) is 4.69. The first kappa shape index (κ1) is 15.9. The van der Waals surface area contributed by atoms with Gasteiger partial charge in [0.15, 0.2) is 5.82 Å². The first-order chi connectivity index (χ1) is 11.6. The van der Waals surface area contributed by atoms with Crippen molar-refractivity contribution in [3.63, 3.8) is 0 Å². The Hall–Kier alpha value is -2.96. The Bertz CT molecular complexity index is 804. The zero-order valence-corrected chi connectivity index (χ0v) is 13.6. The van der Waals surface area contributed by atoms with Crippen molar-refractivity contribution in [3.8, 4) is 0 Å². The number of nitrogens with zero attached hydrogens (tertiary/aromatic N) is 3. The van der Waals surface area contributed by atoms with Gasteiger partial charge in [-0.25, -0.2) is 0 Å². The van der Waals surface area contributed by atoms with E-state index in [2.05, 4.69) is 20.6 Å². The fourth-order valence-electron chi connectivity index (χ4n) is 2.42. The van der Waals surface area contributed by atoms with E-state index in [1.807, 2.05) is 30.3 Å². The molecule has 3 aromatic rings. The monoisotopic (exact) mass is 326 g/mol. The summed E-state index contributed by atoms with van der Waals surface area (Å²) in [5.74, 6) is 1.43. The van der Waals surface area contributed by atoms with Crippen LogP contribution in [-0.4, -0.2) is 27.7 Å². The second-order valence-electron chi connectivity index (χ2n) is 5.47. The predicted octanol–water partition coefficient (Wildman–Crippen LogP) is 2.24. The summed E-state index contributed by atoms with van der Waals surface area (Å²) in [7, 11) is 0. The fourth-order valence-corrected chi connectivity index (χ4v) is 2.42. The summed E-state index contributed by atoms with van der Waals surface area (Å²) < 4.78 is 10.2. The molecule has 0 aliphatic carbocycles. The van der Waals surface area contributed by atoms with Gasteiger partial charge >= 0.3 is 0 Å². The minimum atomic E-state index is -0.213. The summed E-state index contributed by atoms with van der Waals surface area (Å²) in [6, 6.07) is 9.94. The largest absolute Gasteiger partial charge is 0.361 e. The topological polar surface area (TPSA) is 94.1 Å². The molecule has 0 aliphatic rings. The number of amides is 1. The zero-order chi connectivity index (χ0) is 16.9. The van der Waals surface area contributed by atoms with Crippen molar-refractivity contribution in [3.05, 3.63) is 64.6 Å². The van der Waals surface area contributed by atoms with Gasteiger partial charge in [0, 0.05) is 19.4 Å². The van der Waals surface area contributed by atoms with Gasteiger partial charge in [-0.1, -0.05) is 40.6 Å². The second-order valence-corrected chi connectivity index (χ2v) is 5.47. The van der Waals surface area contributed by atoms with Gasteiger partial charge in [0.2, 0.25) is 5.89 Å². The summed E-state index contributed by atoms with van der Waals surface area (Å²) in [5.41, 5.74) is 2.18. The Balaban J connectivity index is 1.52. The maximum atomic E-state index is 12.1. The highest BCUT2D eigenvalue weighted by molar-refractivity contribution is 5.96. The van der Waals surface area contributed by atoms with Crippen molar-refractivity contribution in [2.75, 3.05) is 6.54 Å². The van der Waals surface area contributed by atoms with Crippen LogP contribution in [0.5, 0.6) is 0 Å². The van der Waals surface area contributed by atoms with Gasteiger partial charge < -0.3 is 14.4 Å². The molecule has 0 atom stereocenters. The van der Waals surface area contributed by atoms with Crippen molar-refractivity contribution < 1.29 is 13.8 Å². The quantitative estimate of drug-likeness (QED) is 0.746. The van der Waals surface area contributed by atoms with Crippen LogP contribution in [-0.2, 0) is 12.8 Å². The molecule has 0 spiro atoms. The Labute approximate surface area is 139 Å². The number of carbonyl (C=O) groups is 1. The lowest BCUT2D eigenvalue weighted by atomic mass is 10.1. The molecule has 7 nitrogen and oxygen atoms in total. The molecular formula is C17H18N4O3. The smallest absolute Gasteiger partial charge is 0.256 e. The van der Waals surface area contributed by atoms with E-state index in [0.29, 0.717) is 48.1 Å². The molecule has 3 rings (SSSR count). The van der Waals surface area contributed by atoms with Crippen LogP contribution >= 0.6 is 0 Å². The lowest BCUT2D eigenvalue weighted by Gasteiger charge is -2.02. The number of aromatic nitrogens is 3. The van der Waals surface area contributed by atoms with E-state index in [1.165, 1.54) is 0 Å². The molecule has 0 saturated heterocycles. The van der Waals surface area contributed by atoms with E-state index < -0.39 is 0 Å². The van der Waals surface area contributed by atoms with Gasteiger partial charge in [0.05, 0.1) is 5.69 Å². The summed E-state index contributed by atoms with van der Waals surface area (Å²) >= 11 is 0. The molecule has 0 saturated carbocycles. The summed E-state index contributed by atoms with van der Waals surface area (Å²) in [6.45, 7) is 3.85. The van der Waals surface area contributed by atoms with Gasteiger partial charge in [-0.15, -0.1) is 0 Å². The predicted molar refractivity (Wildman–Crippen MR) is 85.6 cm³/mol. The average molecular weight is 326 g/mol. The van der Waals surface area contributed by atoms with Gasteiger partial charge in [-0.2, -0.15) is 4.98 Å². The number of benzene rings is 1. The molecule has 1 N–H and O–H groups in total. The molecule has 7 heteroatoms. The number of hydrogen-bond acceptors (Lipinski definition) is 6. The maximum absolute atomic E-state index is 12.1. The number of carbonyl (C=O) groups excluding carboxylic acids is 1. The third-order valence-electron chi connectivity index (χ3n) is 3.60. The standard InChI is InChI=1S/C17H18N4O3/c1-11-16(12(2)23-20-11)17(22)18-9-8-15-19-14(21-24-15)10-13-6-4-3-5-7-13/h3-7H,8-10H2,1-2H3,(H,18,22). The molecule has 0 radical (unpaired) electrons. The third kappa shape index (κ3) is 3.68. The normalized spacial score (nSPS) is 10.8. The molecule has 1 amide bonds. The Morgan fingerprint density at radius 1 is 1.12 bits per heavy atom. The van der Waals surface area contributed by atoms with Crippen LogP contribution in [0.1, 0.15) is 39.1 Å². The van der Waals surface area contributed by atoms with Crippen molar-refractivity contribution >= 4 is 5.91 Å². The molecule has 0 aliphatic heterocycles. The van der Waals surface area contributed by atoms with E-state index in [-0.39, 0.29) is 5.91 Å². The summed E-state index contributed by atoms with van der Waals surface area (Å²) in [4.78, 5) is 16.4. The van der Waals surface area contributed by atoms with E-state index in [4.69, 9.17) is 9.05 Å². The molecule has 24 heavy (non-hydrogen) atoms. The van der Waals surface area contributed by atoms with E-state index >= 15 is 0 Å². The first-order valence-electron chi connectivity index (χ1n) is 7.70. The van der Waals surface area contributed by atoms with E-state index in [9.17, 15) is 4.79 Å². The van der Waals surface area contributed by atoms with Gasteiger partial charge in [0.1, 0.15) is 11.3 Å². The van der Waals surface area contributed by atoms with Crippen molar-refractivity contribution in [2.24, 2.45) is 0 Å². The highest BCUT2D eigenvalue weighted by Gasteiger charge is 2.17. The fraction of sp³-hybridized carbons (Fsp3) is 0.294. The molecule has 2 aromatic heterocycles.